The summed E-state index contributed by atoms with van der Waals surface area (Å²) in [6, 6.07) is 10.7. The first-order valence-electron chi connectivity index (χ1n) is 8.05. The lowest BCUT2D eigenvalue weighted by Crippen LogP contribution is -2.30. The summed E-state index contributed by atoms with van der Waals surface area (Å²) in [6.45, 7) is 0.423. The van der Waals surface area contributed by atoms with Gasteiger partial charge in [-0.2, -0.15) is 4.31 Å². The molecule has 0 bridgehead atoms. The van der Waals surface area contributed by atoms with Crippen LogP contribution in [0.2, 0.25) is 5.02 Å². The Balaban J connectivity index is 1.95. The van der Waals surface area contributed by atoms with Crippen LogP contribution in [-0.4, -0.2) is 33.4 Å². The molecule has 25 heavy (non-hydrogen) atoms. The smallest absolute Gasteiger partial charge is 0.243 e. The average molecular weight is 383 g/mol. The first-order valence-corrected chi connectivity index (χ1v) is 9.86. The Hall–Kier alpha value is -1.63. The molecular formula is C18H20ClFN2O2S. The normalized spacial score (nSPS) is 18.5. The lowest BCUT2D eigenvalue weighted by molar-refractivity contribution is 0.395. The zero-order valence-corrected chi connectivity index (χ0v) is 15.7. The zero-order valence-electron chi connectivity index (χ0n) is 14.1. The molecule has 2 aromatic carbocycles. The number of halogens is 2. The van der Waals surface area contributed by atoms with Gasteiger partial charge in [0.2, 0.25) is 10.0 Å². The van der Waals surface area contributed by atoms with Crippen molar-refractivity contribution in [3.8, 4) is 0 Å². The molecule has 0 saturated carbocycles. The van der Waals surface area contributed by atoms with Crippen molar-refractivity contribution in [2.75, 3.05) is 25.5 Å². The van der Waals surface area contributed by atoms with Crippen molar-refractivity contribution >= 4 is 27.3 Å². The highest BCUT2D eigenvalue weighted by Gasteiger charge is 2.36. The molecule has 0 aromatic heterocycles. The second-order valence-electron chi connectivity index (χ2n) is 6.33. The van der Waals surface area contributed by atoms with Gasteiger partial charge in [0.25, 0.3) is 0 Å². The summed E-state index contributed by atoms with van der Waals surface area (Å²) < 4.78 is 41.7. The van der Waals surface area contributed by atoms with Crippen molar-refractivity contribution in [2.24, 2.45) is 0 Å². The largest absolute Gasteiger partial charge is 0.375 e. The van der Waals surface area contributed by atoms with Gasteiger partial charge in [-0.25, -0.2) is 12.8 Å². The molecule has 7 heteroatoms. The van der Waals surface area contributed by atoms with Crippen LogP contribution >= 0.6 is 11.6 Å². The number of sulfonamides is 1. The van der Waals surface area contributed by atoms with E-state index in [9.17, 15) is 12.8 Å². The van der Waals surface area contributed by atoms with Gasteiger partial charge in [-0.15, -0.1) is 0 Å². The van der Waals surface area contributed by atoms with Gasteiger partial charge in [0, 0.05) is 25.7 Å². The van der Waals surface area contributed by atoms with Crippen molar-refractivity contribution in [3.63, 3.8) is 0 Å². The molecule has 1 fully saturated rings. The molecule has 0 spiro atoms. The third-order valence-corrected chi connectivity index (χ3v) is 6.64. The molecule has 1 heterocycles. The fourth-order valence-corrected chi connectivity index (χ4v) is 5.00. The second-order valence-corrected chi connectivity index (χ2v) is 8.66. The molecule has 3 rings (SSSR count). The van der Waals surface area contributed by atoms with Gasteiger partial charge in [0.05, 0.1) is 16.6 Å². The Morgan fingerprint density at radius 1 is 1.16 bits per heavy atom. The molecule has 134 valence electrons. The number of rotatable bonds is 4. The topological polar surface area (TPSA) is 40.6 Å². The number of hydrogen-bond acceptors (Lipinski definition) is 3. The number of benzene rings is 2. The Bertz CT molecular complexity index is 869. The van der Waals surface area contributed by atoms with Crippen LogP contribution in [0.25, 0.3) is 0 Å². The molecule has 1 saturated heterocycles. The van der Waals surface area contributed by atoms with E-state index in [4.69, 9.17) is 11.6 Å². The zero-order chi connectivity index (χ0) is 18.2. The molecule has 1 aliphatic heterocycles. The van der Waals surface area contributed by atoms with Crippen molar-refractivity contribution in [1.82, 2.24) is 4.31 Å². The monoisotopic (exact) mass is 382 g/mol. The SMILES string of the molecule is CN(C)c1ccc(C2CCCN2S(=O)(=O)c2ccc(Cl)cc2)cc1F. The Morgan fingerprint density at radius 3 is 2.44 bits per heavy atom. The lowest BCUT2D eigenvalue weighted by atomic mass is 10.0. The highest BCUT2D eigenvalue weighted by atomic mass is 35.5. The third-order valence-electron chi connectivity index (χ3n) is 4.46. The minimum atomic E-state index is -3.65. The maximum absolute atomic E-state index is 14.3. The van der Waals surface area contributed by atoms with Crippen LogP contribution in [0.4, 0.5) is 10.1 Å². The summed E-state index contributed by atoms with van der Waals surface area (Å²) in [7, 11) is -0.113. The van der Waals surface area contributed by atoms with E-state index >= 15 is 0 Å². The molecule has 0 N–H and O–H groups in total. The van der Waals surface area contributed by atoms with Crippen LogP contribution in [0.3, 0.4) is 0 Å². The molecule has 0 radical (unpaired) electrons. The highest BCUT2D eigenvalue weighted by molar-refractivity contribution is 7.89. The molecular weight excluding hydrogens is 363 g/mol. The molecule has 1 unspecified atom stereocenters. The van der Waals surface area contributed by atoms with E-state index in [1.807, 2.05) is 0 Å². The molecule has 1 aliphatic rings. The minimum absolute atomic E-state index is 0.203. The van der Waals surface area contributed by atoms with Gasteiger partial charge in [0.15, 0.2) is 0 Å². The van der Waals surface area contributed by atoms with Gasteiger partial charge in [0.1, 0.15) is 5.82 Å². The number of hydrogen-bond donors (Lipinski definition) is 0. The summed E-state index contributed by atoms with van der Waals surface area (Å²) in [5, 5.41) is 0.485. The van der Waals surface area contributed by atoms with Gasteiger partial charge >= 0.3 is 0 Å². The van der Waals surface area contributed by atoms with Crippen LogP contribution in [0, 0.1) is 5.82 Å². The average Bonchev–Trinajstić information content (AvgIpc) is 3.05. The summed E-state index contributed by atoms with van der Waals surface area (Å²) in [4.78, 5) is 1.89. The van der Waals surface area contributed by atoms with E-state index in [1.165, 1.54) is 22.5 Å². The van der Waals surface area contributed by atoms with Crippen LogP contribution in [0.15, 0.2) is 47.4 Å². The maximum atomic E-state index is 14.3. The van der Waals surface area contributed by atoms with Crippen LogP contribution in [-0.2, 0) is 10.0 Å². The van der Waals surface area contributed by atoms with E-state index in [0.29, 0.717) is 29.2 Å². The first kappa shape index (κ1) is 18.2. The van der Waals surface area contributed by atoms with E-state index in [1.54, 1.807) is 43.3 Å². The Kier molecular flexibility index (Phi) is 5.04. The quantitative estimate of drug-likeness (QED) is 0.800. The first-order chi connectivity index (χ1) is 11.8. The molecule has 4 nitrogen and oxygen atoms in total. The summed E-state index contributed by atoms with van der Waals surface area (Å²) >= 11 is 5.85. The van der Waals surface area contributed by atoms with E-state index in [-0.39, 0.29) is 16.8 Å². The summed E-state index contributed by atoms with van der Waals surface area (Å²) in [6.07, 6.45) is 1.42. The van der Waals surface area contributed by atoms with Gasteiger partial charge in [-0.05, 0) is 54.8 Å². The van der Waals surface area contributed by atoms with Crippen LogP contribution in [0.1, 0.15) is 24.4 Å². The lowest BCUT2D eigenvalue weighted by Gasteiger charge is -2.25. The molecule has 2 aromatic rings. The van der Waals surface area contributed by atoms with Crippen molar-refractivity contribution < 1.29 is 12.8 Å². The predicted molar refractivity (Wildman–Crippen MR) is 98.0 cm³/mol. The van der Waals surface area contributed by atoms with Crippen molar-refractivity contribution in [1.29, 1.82) is 0 Å². The Labute approximate surface area is 152 Å². The molecule has 0 aliphatic carbocycles. The standard InChI is InChI=1S/C18H20ClFN2O2S/c1-21(2)18-10-5-13(12-16(18)20)17-4-3-11-22(17)25(23,24)15-8-6-14(19)7-9-15/h5-10,12,17H,3-4,11H2,1-2H3. The van der Waals surface area contributed by atoms with E-state index in [0.717, 1.165) is 6.42 Å². The number of nitrogens with zero attached hydrogens (tertiary/aromatic N) is 2. The van der Waals surface area contributed by atoms with Crippen LogP contribution in [0.5, 0.6) is 0 Å². The van der Waals surface area contributed by atoms with Gasteiger partial charge in [-0.3, -0.25) is 0 Å². The van der Waals surface area contributed by atoms with Crippen molar-refractivity contribution in [3.05, 3.63) is 58.9 Å². The predicted octanol–water partition coefficient (Wildman–Crippen LogP) is 4.07. The third kappa shape index (κ3) is 3.52. The van der Waals surface area contributed by atoms with Crippen molar-refractivity contribution in [2.45, 2.75) is 23.8 Å². The van der Waals surface area contributed by atoms with E-state index < -0.39 is 10.0 Å². The van der Waals surface area contributed by atoms with E-state index in [2.05, 4.69) is 0 Å². The highest BCUT2D eigenvalue weighted by Crippen LogP contribution is 2.37. The summed E-state index contributed by atoms with van der Waals surface area (Å²) in [5.41, 5.74) is 1.16. The Morgan fingerprint density at radius 2 is 1.84 bits per heavy atom. The number of anilines is 1. The summed E-state index contributed by atoms with van der Waals surface area (Å²) in [5.74, 6) is -0.349. The van der Waals surface area contributed by atoms with Gasteiger partial charge < -0.3 is 4.90 Å². The second kappa shape index (κ2) is 6.94. The fraction of sp³-hybridized carbons (Fsp3) is 0.333. The van der Waals surface area contributed by atoms with Crippen LogP contribution < -0.4 is 4.90 Å². The fourth-order valence-electron chi connectivity index (χ4n) is 3.20. The maximum Gasteiger partial charge on any atom is 0.243 e. The minimum Gasteiger partial charge on any atom is -0.375 e. The molecule has 0 amide bonds. The molecule has 1 atom stereocenters. The van der Waals surface area contributed by atoms with Gasteiger partial charge in [-0.1, -0.05) is 17.7 Å².